The molecule has 22 heavy (non-hydrogen) atoms. The van der Waals surface area contributed by atoms with Crippen molar-refractivity contribution in [3.8, 4) is 0 Å². The van der Waals surface area contributed by atoms with Crippen LogP contribution in [0.3, 0.4) is 0 Å². The average molecular weight is 344 g/mol. The monoisotopic (exact) mass is 343 g/mol. The van der Waals surface area contributed by atoms with Crippen molar-refractivity contribution in [3.05, 3.63) is 36.0 Å². The number of H-pyrrole nitrogens is 1. The minimum atomic E-state index is 0. The predicted octanol–water partition coefficient (Wildman–Crippen LogP) is 4.15. The number of unbranched alkanes of at least 4 members (excludes halogenated alkanes) is 1. The molecular formula is C17H27Cl2N3. The number of rotatable bonds is 5. The summed E-state index contributed by atoms with van der Waals surface area (Å²) in [6, 6.07) is 9.24. The van der Waals surface area contributed by atoms with Gasteiger partial charge in [-0.05, 0) is 18.1 Å². The summed E-state index contributed by atoms with van der Waals surface area (Å²) >= 11 is 0. The summed E-state index contributed by atoms with van der Waals surface area (Å²) in [4.78, 5) is 6.10. The van der Waals surface area contributed by atoms with E-state index in [2.05, 4.69) is 52.6 Å². The molecular weight excluding hydrogens is 317 g/mol. The van der Waals surface area contributed by atoms with Gasteiger partial charge in [0.2, 0.25) is 0 Å². The number of fused-ring (bicyclic) bond motifs is 1. The summed E-state index contributed by atoms with van der Waals surface area (Å²) in [5.74, 6) is 0. The minimum absolute atomic E-state index is 0. The van der Waals surface area contributed by atoms with E-state index in [1.807, 2.05) is 0 Å². The molecule has 1 aliphatic heterocycles. The van der Waals surface area contributed by atoms with E-state index in [4.69, 9.17) is 0 Å². The first-order valence-corrected chi connectivity index (χ1v) is 7.91. The van der Waals surface area contributed by atoms with Crippen LogP contribution in [0.2, 0.25) is 0 Å². The van der Waals surface area contributed by atoms with E-state index in [0.29, 0.717) is 6.04 Å². The normalized spacial score (nSPS) is 16.8. The van der Waals surface area contributed by atoms with Crippen molar-refractivity contribution >= 4 is 35.7 Å². The summed E-state index contributed by atoms with van der Waals surface area (Å²) < 4.78 is 0. The Bertz CT molecular complexity index is 550. The van der Waals surface area contributed by atoms with Crippen LogP contribution in [-0.2, 0) is 0 Å². The topological polar surface area (TPSA) is 31.1 Å². The van der Waals surface area contributed by atoms with E-state index < -0.39 is 0 Å². The predicted molar refractivity (Wildman–Crippen MR) is 99.5 cm³/mol. The molecule has 1 saturated heterocycles. The van der Waals surface area contributed by atoms with Gasteiger partial charge in [0.15, 0.2) is 0 Å². The van der Waals surface area contributed by atoms with E-state index in [1.54, 1.807) is 0 Å². The van der Waals surface area contributed by atoms with Gasteiger partial charge in [-0.2, -0.15) is 0 Å². The molecule has 0 amide bonds. The first kappa shape index (κ1) is 19.3. The van der Waals surface area contributed by atoms with Crippen LogP contribution in [0, 0.1) is 0 Å². The fourth-order valence-electron chi connectivity index (χ4n) is 3.30. The van der Waals surface area contributed by atoms with E-state index >= 15 is 0 Å². The maximum Gasteiger partial charge on any atom is 0.0457 e. The summed E-state index contributed by atoms with van der Waals surface area (Å²) in [6.07, 6.45) is 6.06. The third kappa shape index (κ3) is 4.17. The first-order chi connectivity index (χ1) is 9.90. The van der Waals surface area contributed by atoms with Crippen LogP contribution in [0.4, 0.5) is 0 Å². The lowest BCUT2D eigenvalue weighted by Crippen LogP contribution is -2.45. The van der Waals surface area contributed by atoms with E-state index in [9.17, 15) is 0 Å². The molecule has 1 aliphatic rings. The van der Waals surface area contributed by atoms with Gasteiger partial charge in [-0.1, -0.05) is 38.0 Å². The molecule has 2 heterocycles. The molecule has 3 rings (SSSR count). The fourth-order valence-corrected chi connectivity index (χ4v) is 3.30. The standard InChI is InChI=1S/C17H25N3.2ClH/c1-2-3-8-17(20-11-9-18-10-12-20)15-13-19-16-7-5-4-6-14(15)16;;/h4-7,13,17-19H,2-3,8-12H2,1H3;2*1H/t17-;;/m0../s1. The Morgan fingerprint density at radius 2 is 1.86 bits per heavy atom. The van der Waals surface area contributed by atoms with Crippen LogP contribution in [0.5, 0.6) is 0 Å². The summed E-state index contributed by atoms with van der Waals surface area (Å²) in [5.41, 5.74) is 2.75. The zero-order chi connectivity index (χ0) is 13.8. The molecule has 2 N–H and O–H groups in total. The second-order valence-corrected chi connectivity index (χ2v) is 5.73. The molecule has 1 atom stereocenters. The van der Waals surface area contributed by atoms with E-state index in [0.717, 1.165) is 26.2 Å². The molecule has 0 aliphatic carbocycles. The number of aromatic amines is 1. The third-order valence-electron chi connectivity index (χ3n) is 4.40. The number of hydrogen-bond donors (Lipinski definition) is 2. The Hall–Kier alpha value is -0.740. The second-order valence-electron chi connectivity index (χ2n) is 5.73. The quantitative estimate of drug-likeness (QED) is 0.854. The van der Waals surface area contributed by atoms with Crippen molar-refractivity contribution in [1.82, 2.24) is 15.2 Å². The summed E-state index contributed by atoms with van der Waals surface area (Å²) in [5, 5.41) is 4.85. The molecule has 0 radical (unpaired) electrons. The zero-order valence-electron chi connectivity index (χ0n) is 13.2. The van der Waals surface area contributed by atoms with Crippen molar-refractivity contribution in [2.45, 2.75) is 32.2 Å². The van der Waals surface area contributed by atoms with Gasteiger partial charge in [0.25, 0.3) is 0 Å². The molecule has 1 aromatic heterocycles. The van der Waals surface area contributed by atoms with E-state index in [-0.39, 0.29) is 24.8 Å². The van der Waals surface area contributed by atoms with Gasteiger partial charge in [0, 0.05) is 49.3 Å². The van der Waals surface area contributed by atoms with Crippen LogP contribution in [0.15, 0.2) is 30.5 Å². The smallest absolute Gasteiger partial charge is 0.0457 e. The molecule has 124 valence electrons. The van der Waals surface area contributed by atoms with Crippen molar-refractivity contribution in [1.29, 1.82) is 0 Å². The highest BCUT2D eigenvalue weighted by atomic mass is 35.5. The van der Waals surface area contributed by atoms with Crippen molar-refractivity contribution < 1.29 is 0 Å². The lowest BCUT2D eigenvalue weighted by Gasteiger charge is -2.35. The number of nitrogens with zero attached hydrogens (tertiary/aromatic N) is 1. The third-order valence-corrected chi connectivity index (χ3v) is 4.40. The SMILES string of the molecule is CCCC[C@@H](c1c[nH]c2ccccc12)N1CCNCC1.Cl.Cl. The Morgan fingerprint density at radius 1 is 1.14 bits per heavy atom. The number of piperazine rings is 1. The van der Waals surface area contributed by atoms with Gasteiger partial charge in [0.05, 0.1) is 0 Å². The Labute approximate surface area is 145 Å². The van der Waals surface area contributed by atoms with Crippen LogP contribution < -0.4 is 5.32 Å². The molecule has 0 bridgehead atoms. The lowest BCUT2D eigenvalue weighted by atomic mass is 9.98. The molecule has 0 saturated carbocycles. The first-order valence-electron chi connectivity index (χ1n) is 7.91. The summed E-state index contributed by atoms with van der Waals surface area (Å²) in [6.45, 7) is 6.84. The summed E-state index contributed by atoms with van der Waals surface area (Å²) in [7, 11) is 0. The largest absolute Gasteiger partial charge is 0.361 e. The van der Waals surface area contributed by atoms with Crippen LogP contribution >= 0.6 is 24.8 Å². The zero-order valence-corrected chi connectivity index (χ0v) is 14.8. The maximum absolute atomic E-state index is 3.46. The van der Waals surface area contributed by atoms with Gasteiger partial charge in [0.1, 0.15) is 0 Å². The Kier molecular flexibility index (Phi) is 8.26. The van der Waals surface area contributed by atoms with Gasteiger partial charge >= 0.3 is 0 Å². The van der Waals surface area contributed by atoms with Crippen molar-refractivity contribution in [2.24, 2.45) is 0 Å². The Balaban J connectivity index is 0.00000121. The highest BCUT2D eigenvalue weighted by molar-refractivity contribution is 5.85. The fraction of sp³-hybridized carbons (Fsp3) is 0.529. The number of aromatic nitrogens is 1. The Morgan fingerprint density at radius 3 is 2.59 bits per heavy atom. The molecule has 1 aromatic carbocycles. The van der Waals surface area contributed by atoms with Crippen molar-refractivity contribution in [3.63, 3.8) is 0 Å². The number of halogens is 2. The van der Waals surface area contributed by atoms with Gasteiger partial charge in [-0.3, -0.25) is 4.90 Å². The molecule has 2 aromatic rings. The lowest BCUT2D eigenvalue weighted by molar-refractivity contribution is 0.164. The minimum Gasteiger partial charge on any atom is -0.361 e. The second kappa shape index (κ2) is 9.41. The highest BCUT2D eigenvalue weighted by Gasteiger charge is 2.23. The molecule has 0 unspecified atom stereocenters. The van der Waals surface area contributed by atoms with Crippen LogP contribution in [0.25, 0.3) is 10.9 Å². The molecule has 1 fully saturated rings. The van der Waals surface area contributed by atoms with Crippen LogP contribution in [0.1, 0.15) is 37.8 Å². The molecule has 3 nitrogen and oxygen atoms in total. The van der Waals surface area contributed by atoms with Crippen molar-refractivity contribution in [2.75, 3.05) is 26.2 Å². The molecule has 5 heteroatoms. The van der Waals surface area contributed by atoms with Crippen LogP contribution in [-0.4, -0.2) is 36.1 Å². The number of para-hydroxylation sites is 1. The number of benzene rings is 1. The molecule has 0 spiro atoms. The maximum atomic E-state index is 3.46. The van der Waals surface area contributed by atoms with E-state index in [1.165, 1.54) is 35.7 Å². The highest BCUT2D eigenvalue weighted by Crippen LogP contribution is 2.32. The number of hydrogen-bond acceptors (Lipinski definition) is 2. The number of nitrogens with one attached hydrogen (secondary N) is 2. The van der Waals surface area contributed by atoms with Gasteiger partial charge in [-0.25, -0.2) is 0 Å². The average Bonchev–Trinajstić information content (AvgIpc) is 2.93. The van der Waals surface area contributed by atoms with Gasteiger partial charge < -0.3 is 10.3 Å². The van der Waals surface area contributed by atoms with Gasteiger partial charge in [-0.15, -0.1) is 24.8 Å².